The van der Waals surface area contributed by atoms with Crippen LogP contribution in [-0.2, 0) is 19.7 Å². The maximum atomic E-state index is 11.9. The fourth-order valence-electron chi connectivity index (χ4n) is 2.59. The highest BCUT2D eigenvalue weighted by molar-refractivity contribution is 5.93. The predicted molar refractivity (Wildman–Crippen MR) is 108 cm³/mol. The molecule has 6 nitrogen and oxygen atoms in total. The summed E-state index contributed by atoms with van der Waals surface area (Å²) in [5.41, 5.74) is 3.63. The van der Waals surface area contributed by atoms with Crippen molar-refractivity contribution in [3.8, 4) is 0 Å². The van der Waals surface area contributed by atoms with Crippen molar-refractivity contribution < 1.29 is 9.90 Å². The number of aliphatic imine (C=N–C) groups is 1. The van der Waals surface area contributed by atoms with Gasteiger partial charge in [-0.15, -0.1) is 0 Å². The van der Waals surface area contributed by atoms with E-state index in [1.807, 2.05) is 55.5 Å². The molecule has 2 aromatic rings. The van der Waals surface area contributed by atoms with Crippen molar-refractivity contribution in [2.24, 2.45) is 4.99 Å². The zero-order valence-electron chi connectivity index (χ0n) is 16.2. The lowest BCUT2D eigenvalue weighted by Gasteiger charge is -2.13. The number of nitrogens with one attached hydrogen (secondary N) is 2. The van der Waals surface area contributed by atoms with Crippen molar-refractivity contribution >= 4 is 11.9 Å². The molecule has 144 valence electrons. The standard InChI is InChI=1S/C21H28N4O2/c1-4-22-21(24-14-18-7-5-6-8-19(18)15-26)23-13-16-9-11-17(12-10-16)20(27)25(2)3/h5-12,26H,4,13-15H2,1-3H3,(H2,22,23,24). The van der Waals surface area contributed by atoms with Gasteiger partial charge in [-0.05, 0) is 35.7 Å². The number of aliphatic hydroxyl groups is 1. The first-order valence-corrected chi connectivity index (χ1v) is 9.05. The molecule has 0 aromatic heterocycles. The Hall–Kier alpha value is -2.86. The predicted octanol–water partition coefficient (Wildman–Crippen LogP) is 2.14. The molecule has 0 spiro atoms. The number of nitrogens with zero attached hydrogens (tertiary/aromatic N) is 2. The van der Waals surface area contributed by atoms with Gasteiger partial charge >= 0.3 is 0 Å². The first kappa shape index (κ1) is 20.5. The SMILES string of the molecule is CCNC(=NCc1ccc(C(=O)N(C)C)cc1)NCc1ccccc1CO. The molecule has 0 bridgehead atoms. The summed E-state index contributed by atoms with van der Waals surface area (Å²) in [5, 5.41) is 15.9. The van der Waals surface area contributed by atoms with Gasteiger partial charge in [-0.1, -0.05) is 36.4 Å². The summed E-state index contributed by atoms with van der Waals surface area (Å²) in [6.45, 7) is 3.88. The lowest BCUT2D eigenvalue weighted by Crippen LogP contribution is -2.37. The van der Waals surface area contributed by atoms with E-state index < -0.39 is 0 Å². The minimum atomic E-state index is -0.0115. The van der Waals surface area contributed by atoms with Crippen LogP contribution in [0.4, 0.5) is 0 Å². The molecule has 27 heavy (non-hydrogen) atoms. The minimum absolute atomic E-state index is 0.0115. The van der Waals surface area contributed by atoms with Crippen LogP contribution in [0.2, 0.25) is 0 Å². The number of carbonyl (C=O) groups excluding carboxylic acids is 1. The fraction of sp³-hybridized carbons (Fsp3) is 0.333. The number of guanidine groups is 1. The van der Waals surface area contributed by atoms with Gasteiger partial charge in [-0.25, -0.2) is 4.99 Å². The molecule has 0 saturated heterocycles. The molecule has 1 amide bonds. The highest BCUT2D eigenvalue weighted by Crippen LogP contribution is 2.09. The number of carbonyl (C=O) groups is 1. The van der Waals surface area contributed by atoms with Gasteiger partial charge in [0.1, 0.15) is 0 Å². The normalized spacial score (nSPS) is 11.2. The summed E-state index contributed by atoms with van der Waals surface area (Å²) in [4.78, 5) is 18.1. The van der Waals surface area contributed by atoms with E-state index in [1.54, 1.807) is 19.0 Å². The van der Waals surface area contributed by atoms with Gasteiger partial charge < -0.3 is 20.6 Å². The Kier molecular flexibility index (Phi) is 7.82. The number of aliphatic hydroxyl groups excluding tert-OH is 1. The van der Waals surface area contributed by atoms with Crippen molar-refractivity contribution in [1.29, 1.82) is 0 Å². The van der Waals surface area contributed by atoms with Crippen LogP contribution in [0.25, 0.3) is 0 Å². The number of amides is 1. The molecule has 0 radical (unpaired) electrons. The van der Waals surface area contributed by atoms with E-state index in [0.29, 0.717) is 24.6 Å². The Balaban J connectivity index is 2.01. The third-order valence-corrected chi connectivity index (χ3v) is 4.11. The number of hydrogen-bond acceptors (Lipinski definition) is 3. The second-order valence-corrected chi connectivity index (χ2v) is 6.37. The van der Waals surface area contributed by atoms with E-state index in [4.69, 9.17) is 0 Å². The Morgan fingerprint density at radius 3 is 2.30 bits per heavy atom. The molecule has 0 atom stereocenters. The average Bonchev–Trinajstić information content (AvgIpc) is 2.70. The largest absolute Gasteiger partial charge is 0.392 e. The zero-order valence-corrected chi connectivity index (χ0v) is 16.2. The molecule has 3 N–H and O–H groups in total. The summed E-state index contributed by atoms with van der Waals surface area (Å²) < 4.78 is 0. The van der Waals surface area contributed by atoms with Gasteiger partial charge in [0, 0.05) is 32.7 Å². The fourth-order valence-corrected chi connectivity index (χ4v) is 2.59. The number of benzene rings is 2. The van der Waals surface area contributed by atoms with Crippen molar-refractivity contribution in [2.75, 3.05) is 20.6 Å². The third kappa shape index (κ3) is 6.11. The molecule has 0 aliphatic carbocycles. The van der Waals surface area contributed by atoms with Crippen LogP contribution in [0.15, 0.2) is 53.5 Å². The van der Waals surface area contributed by atoms with Crippen molar-refractivity contribution in [1.82, 2.24) is 15.5 Å². The number of rotatable bonds is 7. The van der Waals surface area contributed by atoms with Crippen molar-refractivity contribution in [2.45, 2.75) is 26.6 Å². The van der Waals surface area contributed by atoms with Crippen LogP contribution in [0.1, 0.15) is 34.0 Å². The Bertz CT molecular complexity index is 770. The third-order valence-electron chi connectivity index (χ3n) is 4.11. The Morgan fingerprint density at radius 2 is 1.70 bits per heavy atom. The molecule has 0 unspecified atom stereocenters. The topological polar surface area (TPSA) is 77.0 Å². The molecule has 0 saturated carbocycles. The smallest absolute Gasteiger partial charge is 0.253 e. The first-order valence-electron chi connectivity index (χ1n) is 9.05. The Labute approximate surface area is 160 Å². The van der Waals surface area contributed by atoms with Gasteiger partial charge in [-0.2, -0.15) is 0 Å². The summed E-state index contributed by atoms with van der Waals surface area (Å²) in [6, 6.07) is 15.3. The maximum absolute atomic E-state index is 11.9. The summed E-state index contributed by atoms with van der Waals surface area (Å²) >= 11 is 0. The maximum Gasteiger partial charge on any atom is 0.253 e. The molecule has 6 heteroatoms. The lowest BCUT2D eigenvalue weighted by molar-refractivity contribution is 0.0827. The molecule has 0 aliphatic heterocycles. The molecular weight excluding hydrogens is 340 g/mol. The summed E-state index contributed by atoms with van der Waals surface area (Å²) in [7, 11) is 3.48. The molecular formula is C21H28N4O2. The average molecular weight is 368 g/mol. The highest BCUT2D eigenvalue weighted by Gasteiger charge is 2.07. The van der Waals surface area contributed by atoms with Gasteiger partial charge in [0.15, 0.2) is 5.96 Å². The second kappa shape index (κ2) is 10.3. The lowest BCUT2D eigenvalue weighted by atomic mass is 10.1. The monoisotopic (exact) mass is 368 g/mol. The van der Waals surface area contributed by atoms with Gasteiger partial charge in [-0.3, -0.25) is 4.79 Å². The van der Waals surface area contributed by atoms with Crippen LogP contribution in [0, 0.1) is 0 Å². The van der Waals surface area contributed by atoms with Gasteiger partial charge in [0.05, 0.1) is 13.2 Å². The molecule has 2 rings (SSSR count). The van der Waals surface area contributed by atoms with E-state index in [1.165, 1.54) is 0 Å². The summed E-state index contributed by atoms with van der Waals surface area (Å²) in [5.74, 6) is 0.696. The molecule has 2 aromatic carbocycles. The molecule has 0 heterocycles. The van der Waals surface area contributed by atoms with Crippen molar-refractivity contribution in [3.63, 3.8) is 0 Å². The van der Waals surface area contributed by atoms with E-state index in [9.17, 15) is 9.90 Å². The van der Waals surface area contributed by atoms with Crippen LogP contribution in [0.5, 0.6) is 0 Å². The van der Waals surface area contributed by atoms with Crippen LogP contribution in [-0.4, -0.2) is 42.5 Å². The van der Waals surface area contributed by atoms with Gasteiger partial charge in [0.2, 0.25) is 0 Å². The number of hydrogen-bond donors (Lipinski definition) is 3. The van der Waals surface area contributed by atoms with Crippen LogP contribution < -0.4 is 10.6 Å². The summed E-state index contributed by atoms with van der Waals surface area (Å²) in [6.07, 6.45) is 0. The van der Waals surface area contributed by atoms with Crippen molar-refractivity contribution in [3.05, 3.63) is 70.8 Å². The van der Waals surface area contributed by atoms with Gasteiger partial charge in [0.25, 0.3) is 5.91 Å². The highest BCUT2D eigenvalue weighted by atomic mass is 16.3. The minimum Gasteiger partial charge on any atom is -0.392 e. The Morgan fingerprint density at radius 1 is 1.04 bits per heavy atom. The van der Waals surface area contributed by atoms with E-state index in [0.717, 1.165) is 23.2 Å². The zero-order chi connectivity index (χ0) is 19.6. The van der Waals surface area contributed by atoms with Crippen LogP contribution >= 0.6 is 0 Å². The quantitative estimate of drug-likeness (QED) is 0.517. The van der Waals surface area contributed by atoms with E-state index in [-0.39, 0.29) is 12.5 Å². The molecule has 0 aliphatic rings. The van der Waals surface area contributed by atoms with Crippen LogP contribution in [0.3, 0.4) is 0 Å². The first-order chi connectivity index (χ1) is 13.0. The second-order valence-electron chi connectivity index (χ2n) is 6.37. The van der Waals surface area contributed by atoms with E-state index in [2.05, 4.69) is 15.6 Å². The molecule has 0 fully saturated rings. The van der Waals surface area contributed by atoms with E-state index >= 15 is 0 Å².